The Morgan fingerprint density at radius 3 is 2.38 bits per heavy atom. The Kier molecular flexibility index (Phi) is 7.71. The van der Waals surface area contributed by atoms with Crippen LogP contribution in [0.15, 0.2) is 65.8 Å². The van der Waals surface area contributed by atoms with E-state index in [1.807, 2.05) is 0 Å². The van der Waals surface area contributed by atoms with Crippen molar-refractivity contribution in [1.82, 2.24) is 4.98 Å². The molecule has 0 spiro atoms. The molecule has 5 rings (SSSR count). The van der Waals surface area contributed by atoms with Crippen LogP contribution in [-0.4, -0.2) is 51.6 Å². The molecule has 1 aromatic heterocycles. The molecule has 3 aromatic rings. The van der Waals surface area contributed by atoms with Crippen LogP contribution in [-0.2, 0) is 9.84 Å². The predicted octanol–water partition coefficient (Wildman–Crippen LogP) is 4.05. The summed E-state index contributed by atoms with van der Waals surface area (Å²) in [5.41, 5.74) is -1.43. The molecule has 4 N–H and O–H groups in total. The summed E-state index contributed by atoms with van der Waals surface area (Å²) in [5.74, 6) is -4.19. The molecule has 2 aliphatic carbocycles. The predicted molar refractivity (Wildman–Crippen MR) is 142 cm³/mol. The number of carbonyl (C=O) groups is 1. The Morgan fingerprint density at radius 1 is 1.05 bits per heavy atom. The van der Waals surface area contributed by atoms with Gasteiger partial charge in [-0.2, -0.15) is 0 Å². The average molecular weight is 593 g/mol. The van der Waals surface area contributed by atoms with Crippen LogP contribution >= 0.6 is 11.6 Å². The van der Waals surface area contributed by atoms with E-state index in [-0.39, 0.29) is 34.0 Å². The lowest BCUT2D eigenvalue weighted by atomic mass is 9.69. The minimum Gasteiger partial charge on any atom is -0.387 e. The number of aliphatic hydroxyl groups is 3. The van der Waals surface area contributed by atoms with E-state index in [1.54, 1.807) is 12.1 Å². The van der Waals surface area contributed by atoms with E-state index < -0.39 is 62.3 Å². The number of hydrogen-bond donors (Lipinski definition) is 4. The van der Waals surface area contributed by atoms with E-state index in [1.165, 1.54) is 30.6 Å². The van der Waals surface area contributed by atoms with E-state index in [9.17, 15) is 37.3 Å². The highest BCUT2D eigenvalue weighted by Gasteiger charge is 2.60. The van der Waals surface area contributed by atoms with E-state index in [2.05, 4.69) is 10.3 Å². The quantitative estimate of drug-likeness (QED) is 0.325. The SMILES string of the molecule is O=C(Nc1ccc(F)c(F)c1)c1ccc(Cl)c(S(=O)(=O)[C@@H]2CC3CC[C@@H](C2)[C@@]3(O)C(O)C(O)c2cccnc2)c1. The number of sulfone groups is 1. The molecule has 2 saturated carbocycles. The second-order valence-corrected chi connectivity index (χ2v) is 13.0. The first-order valence-corrected chi connectivity index (χ1v) is 14.6. The summed E-state index contributed by atoms with van der Waals surface area (Å²) in [6.45, 7) is 0. The number of nitrogens with one attached hydrogen (secondary N) is 1. The summed E-state index contributed by atoms with van der Waals surface area (Å²) in [6, 6.07) is 9.74. The highest BCUT2D eigenvalue weighted by atomic mass is 35.5. The minimum absolute atomic E-state index is 0.0153. The first kappa shape index (κ1) is 28.6. The number of halogens is 3. The van der Waals surface area contributed by atoms with Gasteiger partial charge in [0.25, 0.3) is 5.91 Å². The Labute approximate surface area is 234 Å². The van der Waals surface area contributed by atoms with Gasteiger partial charge in [0, 0.05) is 35.3 Å². The van der Waals surface area contributed by atoms with Crippen molar-refractivity contribution in [1.29, 1.82) is 0 Å². The summed E-state index contributed by atoms with van der Waals surface area (Å²) in [7, 11) is -4.09. The number of amides is 1. The zero-order valence-corrected chi connectivity index (χ0v) is 22.6. The average Bonchev–Trinajstić information content (AvgIpc) is 3.10. The Bertz CT molecular complexity index is 1530. The fraction of sp³-hybridized carbons (Fsp3) is 0.357. The van der Waals surface area contributed by atoms with E-state index in [4.69, 9.17) is 11.6 Å². The van der Waals surface area contributed by atoms with Crippen molar-refractivity contribution < 1.29 is 37.3 Å². The first-order valence-electron chi connectivity index (χ1n) is 12.7. The van der Waals surface area contributed by atoms with Crippen molar-refractivity contribution in [2.24, 2.45) is 11.8 Å². The summed E-state index contributed by atoms with van der Waals surface area (Å²) < 4.78 is 54.3. The first-order chi connectivity index (χ1) is 18.9. The van der Waals surface area contributed by atoms with Crippen LogP contribution in [0.4, 0.5) is 14.5 Å². The van der Waals surface area contributed by atoms with Crippen molar-refractivity contribution in [2.75, 3.05) is 5.32 Å². The molecule has 3 unspecified atom stereocenters. The lowest BCUT2D eigenvalue weighted by Crippen LogP contribution is -2.57. The standard InChI is InChI=1S/C28H27ClF2N2O6S/c29-21-7-3-15(27(36)33-19-6-8-22(30)23(31)13-19)10-24(21)40(38,39)20-11-17-4-5-18(12-20)28(17,37)26(35)25(34)16-2-1-9-32-14-16/h1-3,6-10,13-14,17-18,20,25-26,34-35,37H,4-5,11-12H2,(H,33,36)/t17-,18?,20-,25?,26?,28-/m0/s1. The number of rotatable bonds is 7. The van der Waals surface area contributed by atoms with Crippen LogP contribution in [0.25, 0.3) is 0 Å². The summed E-state index contributed by atoms with van der Waals surface area (Å²) >= 11 is 6.28. The van der Waals surface area contributed by atoms with Gasteiger partial charge in [-0.3, -0.25) is 9.78 Å². The molecule has 2 fully saturated rings. The summed E-state index contributed by atoms with van der Waals surface area (Å²) in [4.78, 5) is 16.5. The molecular formula is C28H27ClF2N2O6S. The monoisotopic (exact) mass is 592 g/mol. The molecule has 1 amide bonds. The number of pyridine rings is 1. The van der Waals surface area contributed by atoms with Gasteiger partial charge in [-0.15, -0.1) is 0 Å². The maximum atomic E-state index is 13.8. The second kappa shape index (κ2) is 10.8. The summed E-state index contributed by atoms with van der Waals surface area (Å²) in [6.07, 6.45) is 0.930. The van der Waals surface area contributed by atoms with E-state index in [0.717, 1.165) is 18.2 Å². The number of anilines is 1. The summed E-state index contributed by atoms with van der Waals surface area (Å²) in [5, 5.41) is 34.8. The van der Waals surface area contributed by atoms with Crippen LogP contribution in [0.5, 0.6) is 0 Å². The van der Waals surface area contributed by atoms with Gasteiger partial charge in [0.05, 0.1) is 20.8 Å². The normalized spacial score (nSPS) is 25.8. The number of carbonyl (C=O) groups excluding carboxylic acids is 1. The smallest absolute Gasteiger partial charge is 0.255 e. The molecule has 8 nitrogen and oxygen atoms in total. The van der Waals surface area contributed by atoms with E-state index in [0.29, 0.717) is 18.4 Å². The van der Waals surface area contributed by atoms with Gasteiger partial charge in [-0.1, -0.05) is 17.7 Å². The molecule has 12 heteroatoms. The number of nitrogens with zero attached hydrogens (tertiary/aromatic N) is 1. The lowest BCUT2D eigenvalue weighted by molar-refractivity contribution is -0.177. The topological polar surface area (TPSA) is 137 Å². The van der Waals surface area contributed by atoms with Crippen LogP contribution in [0.2, 0.25) is 5.02 Å². The molecule has 40 heavy (non-hydrogen) atoms. The maximum absolute atomic E-state index is 13.8. The van der Waals surface area contributed by atoms with Crippen LogP contribution in [0.1, 0.15) is 47.7 Å². The Hall–Kier alpha value is -2.96. The Balaban J connectivity index is 1.37. The molecule has 2 bridgehead atoms. The molecule has 0 saturated heterocycles. The van der Waals surface area contributed by atoms with Crippen molar-refractivity contribution in [3.8, 4) is 0 Å². The number of aromatic nitrogens is 1. The number of benzene rings is 2. The number of hydrogen-bond acceptors (Lipinski definition) is 7. The second-order valence-electron chi connectivity index (χ2n) is 10.4. The fourth-order valence-electron chi connectivity index (χ4n) is 6.08. The van der Waals surface area contributed by atoms with Crippen molar-refractivity contribution >= 4 is 33.0 Å². The Morgan fingerprint density at radius 2 is 1.75 bits per heavy atom. The largest absolute Gasteiger partial charge is 0.387 e. The molecule has 6 atom stereocenters. The third-order valence-corrected chi connectivity index (χ3v) is 10.8. The fourth-order valence-corrected chi connectivity index (χ4v) is 8.49. The molecule has 0 radical (unpaired) electrons. The highest BCUT2D eigenvalue weighted by Crippen LogP contribution is 2.55. The van der Waals surface area contributed by atoms with Gasteiger partial charge in [0.2, 0.25) is 0 Å². The van der Waals surface area contributed by atoms with Crippen molar-refractivity contribution in [3.63, 3.8) is 0 Å². The van der Waals surface area contributed by atoms with Crippen LogP contribution < -0.4 is 5.32 Å². The molecule has 1 heterocycles. The number of aliphatic hydroxyl groups excluding tert-OH is 2. The molecule has 2 aliphatic rings. The molecule has 212 valence electrons. The molecule has 0 aliphatic heterocycles. The van der Waals surface area contributed by atoms with Gasteiger partial charge in [-0.05, 0) is 73.9 Å². The van der Waals surface area contributed by atoms with Crippen LogP contribution in [0.3, 0.4) is 0 Å². The highest BCUT2D eigenvalue weighted by molar-refractivity contribution is 7.92. The van der Waals surface area contributed by atoms with Gasteiger partial charge >= 0.3 is 0 Å². The van der Waals surface area contributed by atoms with Gasteiger partial charge in [0.1, 0.15) is 12.2 Å². The van der Waals surface area contributed by atoms with Gasteiger partial charge < -0.3 is 20.6 Å². The van der Waals surface area contributed by atoms with Crippen LogP contribution in [0, 0.1) is 23.5 Å². The lowest BCUT2D eigenvalue weighted by Gasteiger charge is -2.46. The number of fused-ring (bicyclic) bond motifs is 2. The van der Waals surface area contributed by atoms with Gasteiger partial charge in [0.15, 0.2) is 21.5 Å². The zero-order valence-electron chi connectivity index (χ0n) is 21.0. The molecular weight excluding hydrogens is 566 g/mol. The third kappa shape index (κ3) is 5.01. The minimum atomic E-state index is -4.09. The van der Waals surface area contributed by atoms with Crippen molar-refractivity contribution in [3.05, 3.63) is 88.7 Å². The molecule has 2 aromatic carbocycles. The van der Waals surface area contributed by atoms with E-state index >= 15 is 0 Å². The van der Waals surface area contributed by atoms with Crippen molar-refractivity contribution in [2.45, 2.75) is 53.6 Å². The maximum Gasteiger partial charge on any atom is 0.255 e. The van der Waals surface area contributed by atoms with Gasteiger partial charge in [-0.25, -0.2) is 17.2 Å². The third-order valence-electron chi connectivity index (χ3n) is 8.18. The zero-order chi connectivity index (χ0) is 28.8.